The molecule has 2 heterocycles. The van der Waals surface area contributed by atoms with Crippen molar-refractivity contribution in [3.63, 3.8) is 0 Å². The first-order valence-corrected chi connectivity index (χ1v) is 13.0. The van der Waals surface area contributed by atoms with Gasteiger partial charge in [-0.1, -0.05) is 62.4 Å². The molecule has 0 fully saturated rings. The van der Waals surface area contributed by atoms with Gasteiger partial charge in [-0.2, -0.15) is 8.42 Å². The predicted octanol–water partition coefficient (Wildman–Crippen LogP) is 6.37. The quantitative estimate of drug-likeness (QED) is 0.394. The monoisotopic (exact) mass is 454 g/mol. The van der Waals surface area contributed by atoms with Gasteiger partial charge >= 0.3 is 0 Å². The van der Waals surface area contributed by atoms with Crippen molar-refractivity contribution >= 4 is 33.3 Å². The van der Waals surface area contributed by atoms with Crippen molar-refractivity contribution in [3.8, 4) is 11.3 Å². The van der Waals surface area contributed by atoms with E-state index in [4.69, 9.17) is 9.27 Å². The summed E-state index contributed by atoms with van der Waals surface area (Å²) in [6, 6.07) is 17.7. The van der Waals surface area contributed by atoms with Gasteiger partial charge in [0, 0.05) is 21.6 Å². The van der Waals surface area contributed by atoms with Crippen LogP contribution in [-0.4, -0.2) is 19.2 Å². The van der Waals surface area contributed by atoms with Crippen LogP contribution in [0.2, 0.25) is 0 Å². The number of unbranched alkanes of at least 4 members (excludes halogenated alkanes) is 1. The van der Waals surface area contributed by atoms with Crippen LogP contribution in [-0.2, 0) is 20.8 Å². The lowest BCUT2D eigenvalue weighted by Crippen LogP contribution is -2.27. The maximum Gasteiger partial charge on any atom is 0.288 e. The standard InChI is InChI=1S/C24H26N2O3S2/c1-3-5-10-18-11-9-16-25-23(18)19-12-8-15-22-24(19)26(29-31(27,28)17-4-2)20-13-6-7-14-21(20)30-22/h6-9,11-16H,3-5,10,17H2,1-2H3. The molecular formula is C24H26N2O3S2. The molecule has 0 unspecified atom stereocenters. The second-order valence-corrected chi connectivity index (χ2v) is 10.2. The molecule has 0 atom stereocenters. The van der Waals surface area contributed by atoms with E-state index in [1.807, 2.05) is 55.5 Å². The van der Waals surface area contributed by atoms with E-state index in [-0.39, 0.29) is 5.75 Å². The molecule has 7 heteroatoms. The first-order chi connectivity index (χ1) is 15.0. The molecule has 2 aromatic carbocycles. The molecule has 0 N–H and O–H groups in total. The summed E-state index contributed by atoms with van der Waals surface area (Å²) in [7, 11) is -3.74. The lowest BCUT2D eigenvalue weighted by atomic mass is 9.99. The van der Waals surface area contributed by atoms with Gasteiger partial charge in [0.05, 0.1) is 22.8 Å². The fourth-order valence-electron chi connectivity index (χ4n) is 3.68. The van der Waals surface area contributed by atoms with E-state index in [0.717, 1.165) is 57.2 Å². The van der Waals surface area contributed by atoms with Crippen molar-refractivity contribution in [2.45, 2.75) is 49.3 Å². The van der Waals surface area contributed by atoms with Crippen LogP contribution in [0.25, 0.3) is 11.3 Å². The third-order valence-corrected chi connectivity index (χ3v) is 7.49. The maximum absolute atomic E-state index is 12.7. The van der Waals surface area contributed by atoms with Crippen LogP contribution in [0.1, 0.15) is 38.7 Å². The zero-order valence-electron chi connectivity index (χ0n) is 17.7. The molecule has 31 heavy (non-hydrogen) atoms. The largest absolute Gasteiger partial charge is 0.288 e. The number of hydrogen-bond acceptors (Lipinski definition) is 6. The minimum absolute atomic E-state index is 0.0400. The molecule has 3 aromatic rings. The number of anilines is 2. The summed E-state index contributed by atoms with van der Waals surface area (Å²) in [6.07, 6.45) is 5.35. The second kappa shape index (κ2) is 9.42. The number of rotatable bonds is 8. The SMILES string of the molecule is CCCCc1cccnc1-c1cccc2c1N(OS(=O)(=O)CCC)c1ccccc1S2. The Bertz CT molecular complexity index is 1180. The number of nitrogens with zero attached hydrogens (tertiary/aromatic N) is 2. The minimum Gasteiger partial charge on any atom is -0.256 e. The molecule has 0 bridgehead atoms. The molecule has 0 radical (unpaired) electrons. The zero-order valence-corrected chi connectivity index (χ0v) is 19.4. The van der Waals surface area contributed by atoms with E-state index in [1.54, 1.807) is 18.0 Å². The van der Waals surface area contributed by atoms with Gasteiger partial charge in [0.1, 0.15) is 0 Å². The molecule has 0 spiro atoms. The smallest absolute Gasteiger partial charge is 0.256 e. The van der Waals surface area contributed by atoms with Gasteiger partial charge in [-0.15, -0.1) is 4.28 Å². The lowest BCUT2D eigenvalue weighted by molar-refractivity contribution is 0.319. The first-order valence-electron chi connectivity index (χ1n) is 10.6. The summed E-state index contributed by atoms with van der Waals surface area (Å²) in [4.78, 5) is 6.58. The van der Waals surface area contributed by atoms with E-state index < -0.39 is 10.1 Å². The van der Waals surface area contributed by atoms with Crippen LogP contribution in [0.3, 0.4) is 0 Å². The van der Waals surface area contributed by atoms with Gasteiger partial charge in [-0.05, 0) is 49.1 Å². The average Bonchev–Trinajstić information content (AvgIpc) is 2.77. The number of fused-ring (bicyclic) bond motifs is 2. The highest BCUT2D eigenvalue weighted by Crippen LogP contribution is 2.52. The van der Waals surface area contributed by atoms with E-state index >= 15 is 0 Å². The third kappa shape index (κ3) is 4.63. The van der Waals surface area contributed by atoms with Crippen molar-refractivity contribution in [3.05, 3.63) is 66.4 Å². The number of benzene rings is 2. The summed E-state index contributed by atoms with van der Waals surface area (Å²) < 4.78 is 31.1. The second-order valence-electron chi connectivity index (χ2n) is 7.47. The number of hydrogen-bond donors (Lipinski definition) is 0. The maximum atomic E-state index is 12.7. The molecule has 4 rings (SSSR count). The Morgan fingerprint density at radius 2 is 1.77 bits per heavy atom. The zero-order chi connectivity index (χ0) is 21.8. The Balaban J connectivity index is 1.89. The van der Waals surface area contributed by atoms with Gasteiger partial charge in [0.2, 0.25) is 0 Å². The normalized spacial score (nSPS) is 13.0. The van der Waals surface area contributed by atoms with Crippen molar-refractivity contribution < 1.29 is 12.7 Å². The van der Waals surface area contributed by atoms with E-state index in [9.17, 15) is 8.42 Å². The average molecular weight is 455 g/mol. The third-order valence-electron chi connectivity index (χ3n) is 5.09. The number of pyridine rings is 1. The van der Waals surface area contributed by atoms with Gasteiger partial charge in [-0.3, -0.25) is 4.98 Å². The molecule has 5 nitrogen and oxygen atoms in total. The molecule has 0 saturated heterocycles. The van der Waals surface area contributed by atoms with Crippen molar-refractivity contribution in [1.29, 1.82) is 0 Å². The Kier molecular flexibility index (Phi) is 6.65. The van der Waals surface area contributed by atoms with Gasteiger partial charge in [0.15, 0.2) is 0 Å². The summed E-state index contributed by atoms with van der Waals surface area (Å²) in [6.45, 7) is 4.00. The Labute approximate surface area is 188 Å². The number of aryl methyl sites for hydroxylation is 1. The molecule has 0 amide bonds. The molecule has 162 valence electrons. The van der Waals surface area contributed by atoms with Crippen molar-refractivity contribution in [1.82, 2.24) is 4.98 Å². The van der Waals surface area contributed by atoms with Crippen LogP contribution in [0, 0.1) is 0 Å². The Hall–Kier alpha value is -2.35. The van der Waals surface area contributed by atoms with E-state index in [1.165, 1.54) is 5.06 Å². The van der Waals surface area contributed by atoms with E-state index in [0.29, 0.717) is 6.42 Å². The highest BCUT2D eigenvalue weighted by molar-refractivity contribution is 7.99. The summed E-state index contributed by atoms with van der Waals surface area (Å²) in [5.41, 5.74) is 4.34. The minimum atomic E-state index is -3.74. The molecule has 1 aliphatic heterocycles. The number of para-hydroxylation sites is 2. The molecule has 1 aliphatic rings. The predicted molar refractivity (Wildman–Crippen MR) is 126 cm³/mol. The van der Waals surface area contributed by atoms with Crippen LogP contribution in [0.4, 0.5) is 11.4 Å². The van der Waals surface area contributed by atoms with Gasteiger partial charge in [0.25, 0.3) is 10.1 Å². The van der Waals surface area contributed by atoms with Gasteiger partial charge in [-0.25, -0.2) is 5.06 Å². The van der Waals surface area contributed by atoms with Crippen LogP contribution >= 0.6 is 11.8 Å². The summed E-state index contributed by atoms with van der Waals surface area (Å²) in [5, 5.41) is 1.49. The summed E-state index contributed by atoms with van der Waals surface area (Å²) in [5.74, 6) is -0.0400. The fraction of sp³-hybridized carbons (Fsp3) is 0.292. The van der Waals surface area contributed by atoms with E-state index in [2.05, 4.69) is 13.0 Å². The molecule has 1 aromatic heterocycles. The first kappa shape index (κ1) is 21.9. The Morgan fingerprint density at radius 1 is 0.968 bits per heavy atom. The topological polar surface area (TPSA) is 59.5 Å². The molecule has 0 aliphatic carbocycles. The van der Waals surface area contributed by atoms with Crippen LogP contribution in [0.5, 0.6) is 0 Å². The van der Waals surface area contributed by atoms with Crippen LogP contribution in [0.15, 0.2) is 70.6 Å². The summed E-state index contributed by atoms with van der Waals surface area (Å²) >= 11 is 1.61. The molecule has 0 saturated carbocycles. The fourth-order valence-corrected chi connectivity index (χ4v) is 5.72. The lowest BCUT2D eigenvalue weighted by Gasteiger charge is -2.32. The highest BCUT2D eigenvalue weighted by atomic mass is 32.2. The number of aromatic nitrogens is 1. The van der Waals surface area contributed by atoms with Crippen molar-refractivity contribution in [2.75, 3.05) is 10.8 Å². The Morgan fingerprint density at radius 3 is 2.58 bits per heavy atom. The van der Waals surface area contributed by atoms with Gasteiger partial charge < -0.3 is 0 Å². The highest BCUT2D eigenvalue weighted by Gasteiger charge is 2.31. The van der Waals surface area contributed by atoms with Crippen LogP contribution < -0.4 is 5.06 Å². The van der Waals surface area contributed by atoms with Crippen molar-refractivity contribution in [2.24, 2.45) is 0 Å². The molecular weight excluding hydrogens is 428 g/mol.